The Kier molecular flexibility index (Phi) is 9.23. The van der Waals surface area contributed by atoms with Crippen molar-refractivity contribution in [2.24, 2.45) is 5.41 Å². The first-order chi connectivity index (χ1) is 20.0. The molecule has 2 amide bonds. The number of esters is 1. The largest absolute Gasteiger partial charge is 0.469 e. The van der Waals surface area contributed by atoms with Gasteiger partial charge in [0, 0.05) is 49.5 Å². The highest BCUT2D eigenvalue weighted by Crippen LogP contribution is 2.36. The molecule has 1 aliphatic heterocycles. The Bertz CT molecular complexity index is 1390. The van der Waals surface area contributed by atoms with Crippen LogP contribution in [-0.4, -0.2) is 61.0 Å². The first-order valence-corrected chi connectivity index (χ1v) is 13.7. The van der Waals surface area contributed by atoms with Crippen molar-refractivity contribution < 1.29 is 36.7 Å². The zero-order chi connectivity index (χ0) is 30.5. The summed E-state index contributed by atoms with van der Waals surface area (Å²) in [7, 11) is 1.33. The van der Waals surface area contributed by atoms with E-state index in [1.165, 1.54) is 19.2 Å². The number of halogens is 3. The minimum absolute atomic E-state index is 0.0927. The number of alkyl halides is 3. The average molecular weight is 587 g/mol. The summed E-state index contributed by atoms with van der Waals surface area (Å²) < 4.78 is 50.8. The van der Waals surface area contributed by atoms with Crippen molar-refractivity contribution in [2.45, 2.75) is 39.3 Å². The van der Waals surface area contributed by atoms with Crippen molar-refractivity contribution in [3.63, 3.8) is 0 Å². The van der Waals surface area contributed by atoms with Crippen molar-refractivity contribution in [2.75, 3.05) is 43.5 Å². The van der Waals surface area contributed by atoms with Gasteiger partial charge in [0.05, 0.1) is 12.5 Å². The Morgan fingerprint density at radius 1 is 0.952 bits per heavy atom. The van der Waals surface area contributed by atoms with E-state index in [0.29, 0.717) is 44.6 Å². The summed E-state index contributed by atoms with van der Waals surface area (Å²) in [6, 6.07) is 14.7. The first-order valence-electron chi connectivity index (χ1n) is 13.7. The van der Waals surface area contributed by atoms with Gasteiger partial charge in [0.25, 0.3) is 5.91 Å². The standard InChI is InChI=1S/C30H33F3N4O5/c1-4-29(5-2,28(40)41-3)19-23(38)37-17-15-36(16-18-37)22-13-11-21(12-14-22)34-26(39)24-25(30(31,32)33)42-27(35-24)20-9-7-6-8-10-20/h6-14H,4-5,15-19H2,1-3H3,(H,34,39). The molecule has 0 unspecified atom stereocenters. The third-order valence-corrected chi connectivity index (χ3v) is 7.70. The Balaban J connectivity index is 1.38. The van der Waals surface area contributed by atoms with Crippen LogP contribution >= 0.6 is 0 Å². The molecule has 1 fully saturated rings. The minimum atomic E-state index is -4.91. The lowest BCUT2D eigenvalue weighted by molar-refractivity contribution is -0.157. The maximum atomic E-state index is 13.6. The molecular formula is C30H33F3N4O5. The molecule has 0 aliphatic carbocycles. The fourth-order valence-corrected chi connectivity index (χ4v) is 5.01. The van der Waals surface area contributed by atoms with Crippen LogP contribution in [0.25, 0.3) is 11.5 Å². The molecule has 0 atom stereocenters. The number of ether oxygens (including phenoxy) is 1. The number of oxazole rings is 1. The van der Waals surface area contributed by atoms with Crippen LogP contribution in [-0.2, 0) is 20.5 Å². The Morgan fingerprint density at radius 2 is 1.57 bits per heavy atom. The van der Waals surface area contributed by atoms with Gasteiger partial charge >= 0.3 is 12.1 Å². The highest BCUT2D eigenvalue weighted by atomic mass is 19.4. The quantitative estimate of drug-likeness (QED) is 0.324. The van der Waals surface area contributed by atoms with Gasteiger partial charge in [-0.3, -0.25) is 14.4 Å². The number of rotatable bonds is 9. The second-order valence-corrected chi connectivity index (χ2v) is 10.1. The van der Waals surface area contributed by atoms with Gasteiger partial charge in [-0.2, -0.15) is 13.2 Å². The van der Waals surface area contributed by atoms with Crippen LogP contribution in [0.5, 0.6) is 0 Å². The third-order valence-electron chi connectivity index (χ3n) is 7.70. The number of hydrogen-bond donors (Lipinski definition) is 1. The number of hydrogen-bond acceptors (Lipinski definition) is 7. The number of methoxy groups -OCH3 is 1. The normalized spacial score (nSPS) is 14.0. The van der Waals surface area contributed by atoms with Crippen LogP contribution < -0.4 is 10.2 Å². The number of aromatic nitrogens is 1. The van der Waals surface area contributed by atoms with E-state index < -0.39 is 29.0 Å². The highest BCUT2D eigenvalue weighted by molar-refractivity contribution is 6.04. The molecule has 1 aromatic heterocycles. The van der Waals surface area contributed by atoms with Crippen LogP contribution in [0.3, 0.4) is 0 Å². The number of piperazine rings is 1. The van der Waals surface area contributed by atoms with Crippen LogP contribution in [0.4, 0.5) is 24.5 Å². The molecule has 224 valence electrons. The van der Waals surface area contributed by atoms with Gasteiger partial charge in [-0.25, -0.2) is 4.98 Å². The molecule has 4 rings (SSSR count). The van der Waals surface area contributed by atoms with E-state index in [4.69, 9.17) is 9.15 Å². The SMILES string of the molecule is CCC(CC)(CC(=O)N1CCN(c2ccc(NC(=O)c3nc(-c4ccccc4)oc3C(F)(F)F)cc2)CC1)C(=O)OC. The van der Waals surface area contributed by atoms with Crippen molar-refractivity contribution >= 4 is 29.2 Å². The van der Waals surface area contributed by atoms with E-state index in [2.05, 4.69) is 15.2 Å². The van der Waals surface area contributed by atoms with Crippen molar-refractivity contribution in [3.8, 4) is 11.5 Å². The smallest absolute Gasteiger partial charge is 0.452 e. The summed E-state index contributed by atoms with van der Waals surface area (Å²) in [6.07, 6.45) is -3.80. The number of carbonyl (C=O) groups excluding carboxylic acids is 3. The number of nitrogens with zero attached hydrogens (tertiary/aromatic N) is 3. The van der Waals surface area contributed by atoms with E-state index >= 15 is 0 Å². The number of carbonyl (C=O) groups is 3. The molecule has 0 spiro atoms. The molecular weight excluding hydrogens is 553 g/mol. The number of amides is 2. The summed E-state index contributed by atoms with van der Waals surface area (Å²) in [6.45, 7) is 5.80. The molecule has 0 bridgehead atoms. The molecule has 3 aromatic rings. The average Bonchev–Trinajstić information content (AvgIpc) is 3.47. The van der Waals surface area contributed by atoms with E-state index in [1.54, 1.807) is 47.4 Å². The van der Waals surface area contributed by atoms with E-state index in [0.717, 1.165) is 5.69 Å². The molecule has 1 aliphatic rings. The molecule has 1 saturated heterocycles. The van der Waals surface area contributed by atoms with Gasteiger partial charge in [0.2, 0.25) is 17.6 Å². The van der Waals surface area contributed by atoms with Gasteiger partial charge < -0.3 is 24.3 Å². The number of benzene rings is 2. The molecule has 0 saturated carbocycles. The number of anilines is 2. The Labute approximate surface area is 241 Å². The van der Waals surface area contributed by atoms with E-state index in [-0.39, 0.29) is 29.9 Å². The first kappa shape index (κ1) is 30.6. The maximum Gasteiger partial charge on any atom is 0.452 e. The summed E-state index contributed by atoms with van der Waals surface area (Å²) >= 11 is 0. The predicted octanol–water partition coefficient (Wildman–Crippen LogP) is 5.63. The van der Waals surface area contributed by atoms with Gasteiger partial charge in [-0.05, 0) is 49.2 Å². The fourth-order valence-electron chi connectivity index (χ4n) is 5.01. The number of nitrogens with one attached hydrogen (secondary N) is 1. The van der Waals surface area contributed by atoms with Crippen LogP contribution in [0.2, 0.25) is 0 Å². The van der Waals surface area contributed by atoms with Crippen molar-refractivity contribution in [3.05, 3.63) is 66.1 Å². The van der Waals surface area contributed by atoms with Crippen molar-refractivity contribution in [1.29, 1.82) is 0 Å². The van der Waals surface area contributed by atoms with Crippen LogP contribution in [0.15, 0.2) is 59.0 Å². The van der Waals surface area contributed by atoms with Crippen LogP contribution in [0.1, 0.15) is 49.4 Å². The predicted molar refractivity (Wildman–Crippen MR) is 150 cm³/mol. The second kappa shape index (κ2) is 12.7. The topological polar surface area (TPSA) is 105 Å². The molecule has 1 N–H and O–H groups in total. The summed E-state index contributed by atoms with van der Waals surface area (Å²) in [4.78, 5) is 45.8. The van der Waals surface area contributed by atoms with Gasteiger partial charge in [0.1, 0.15) is 0 Å². The Hall–Kier alpha value is -4.35. The van der Waals surface area contributed by atoms with E-state index in [9.17, 15) is 27.6 Å². The molecule has 2 aromatic carbocycles. The second-order valence-electron chi connectivity index (χ2n) is 10.1. The zero-order valence-corrected chi connectivity index (χ0v) is 23.7. The maximum absolute atomic E-state index is 13.6. The minimum Gasteiger partial charge on any atom is -0.469 e. The fraction of sp³-hybridized carbons (Fsp3) is 0.400. The zero-order valence-electron chi connectivity index (χ0n) is 23.7. The lowest BCUT2D eigenvalue weighted by atomic mass is 9.78. The van der Waals surface area contributed by atoms with Crippen molar-refractivity contribution in [1.82, 2.24) is 9.88 Å². The Morgan fingerprint density at radius 3 is 2.12 bits per heavy atom. The van der Waals surface area contributed by atoms with E-state index in [1.807, 2.05) is 13.8 Å². The van der Waals surface area contributed by atoms with Crippen LogP contribution in [0, 0.1) is 5.41 Å². The lowest BCUT2D eigenvalue weighted by Crippen LogP contribution is -2.50. The summed E-state index contributed by atoms with van der Waals surface area (Å²) in [5, 5.41) is 2.46. The van der Waals surface area contributed by atoms with Gasteiger partial charge in [-0.15, -0.1) is 0 Å². The molecule has 42 heavy (non-hydrogen) atoms. The third kappa shape index (κ3) is 6.58. The molecule has 2 heterocycles. The lowest BCUT2D eigenvalue weighted by Gasteiger charge is -2.38. The molecule has 12 heteroatoms. The summed E-state index contributed by atoms with van der Waals surface area (Å²) in [5.74, 6) is -3.29. The van der Waals surface area contributed by atoms with Gasteiger partial charge in [-0.1, -0.05) is 32.0 Å². The molecule has 0 radical (unpaired) electrons. The van der Waals surface area contributed by atoms with Gasteiger partial charge in [0.15, 0.2) is 5.69 Å². The highest BCUT2D eigenvalue weighted by Gasteiger charge is 2.42. The summed E-state index contributed by atoms with van der Waals surface area (Å²) in [5.41, 5.74) is -0.262. The monoisotopic (exact) mass is 586 g/mol. The molecule has 9 nitrogen and oxygen atoms in total.